The molecule has 2 unspecified atom stereocenters. The van der Waals surface area contributed by atoms with Gasteiger partial charge in [-0.2, -0.15) is 0 Å². The molecule has 2 N–H and O–H groups in total. The van der Waals surface area contributed by atoms with Crippen molar-refractivity contribution in [2.45, 2.75) is 19.9 Å². The Morgan fingerprint density at radius 1 is 1.31 bits per heavy atom. The van der Waals surface area contributed by atoms with Crippen molar-refractivity contribution in [2.24, 2.45) is 11.7 Å². The first-order valence-corrected chi connectivity index (χ1v) is 5.97. The van der Waals surface area contributed by atoms with Crippen molar-refractivity contribution in [2.75, 3.05) is 13.6 Å². The normalized spacial score (nSPS) is 14.8. The molecule has 1 aromatic carbocycles. The van der Waals surface area contributed by atoms with E-state index in [1.54, 1.807) is 0 Å². The molecule has 0 aliphatic rings. The molecule has 16 heavy (non-hydrogen) atoms. The number of benzene rings is 1. The van der Waals surface area contributed by atoms with Crippen LogP contribution in [0.3, 0.4) is 0 Å². The molecule has 0 amide bonds. The van der Waals surface area contributed by atoms with Gasteiger partial charge in [0, 0.05) is 18.5 Å². The molecule has 0 fully saturated rings. The minimum atomic E-state index is 0.256. The van der Waals surface area contributed by atoms with Gasteiger partial charge in [-0.3, -0.25) is 4.90 Å². The first-order valence-electron chi connectivity index (χ1n) is 5.57. The number of hydrogen-bond acceptors (Lipinski definition) is 2. The quantitative estimate of drug-likeness (QED) is 0.797. The fourth-order valence-corrected chi connectivity index (χ4v) is 1.74. The predicted octanol–water partition coefficient (Wildman–Crippen LogP) is 2.60. The van der Waals surface area contributed by atoms with Crippen LogP contribution in [0.5, 0.6) is 0 Å². The summed E-state index contributed by atoms with van der Waals surface area (Å²) in [5.74, 6) is 0.256. The van der Waals surface area contributed by atoms with Crippen LogP contribution in [0.25, 0.3) is 0 Å². The van der Waals surface area contributed by atoms with Gasteiger partial charge in [0.25, 0.3) is 0 Å². The van der Waals surface area contributed by atoms with Gasteiger partial charge < -0.3 is 5.73 Å². The largest absolute Gasteiger partial charge is 0.393 e. The smallest absolute Gasteiger partial charge is 0.0768 e. The highest BCUT2D eigenvalue weighted by atomic mass is 32.1. The summed E-state index contributed by atoms with van der Waals surface area (Å²) in [6, 6.07) is 10.8. The van der Waals surface area contributed by atoms with Crippen molar-refractivity contribution >= 4 is 17.2 Å². The molecule has 2 nitrogen and oxygen atoms in total. The Labute approximate surface area is 103 Å². The summed E-state index contributed by atoms with van der Waals surface area (Å²) in [5, 5.41) is 0. The third kappa shape index (κ3) is 3.58. The van der Waals surface area contributed by atoms with Crippen LogP contribution < -0.4 is 5.73 Å². The van der Waals surface area contributed by atoms with E-state index in [1.807, 2.05) is 6.07 Å². The average molecular weight is 236 g/mol. The van der Waals surface area contributed by atoms with Crippen molar-refractivity contribution in [1.29, 1.82) is 0 Å². The van der Waals surface area contributed by atoms with Gasteiger partial charge in [0.2, 0.25) is 0 Å². The summed E-state index contributed by atoms with van der Waals surface area (Å²) in [6.45, 7) is 5.16. The summed E-state index contributed by atoms with van der Waals surface area (Å²) in [6.07, 6.45) is 0. The summed E-state index contributed by atoms with van der Waals surface area (Å²) in [4.78, 5) is 2.87. The molecular weight excluding hydrogens is 216 g/mol. The molecule has 2 atom stereocenters. The van der Waals surface area contributed by atoms with Crippen LogP contribution in [0.2, 0.25) is 0 Å². The second-order valence-corrected chi connectivity index (χ2v) is 4.80. The van der Waals surface area contributed by atoms with Crippen LogP contribution in [0.4, 0.5) is 0 Å². The summed E-state index contributed by atoms with van der Waals surface area (Å²) in [5.41, 5.74) is 6.95. The van der Waals surface area contributed by atoms with Gasteiger partial charge in [0.1, 0.15) is 0 Å². The van der Waals surface area contributed by atoms with Gasteiger partial charge in [-0.1, -0.05) is 49.5 Å². The van der Waals surface area contributed by atoms with Crippen LogP contribution >= 0.6 is 12.2 Å². The SMILES string of the molecule is CC(CN(C)C(C)c1ccccc1)C(N)=S. The molecule has 0 spiro atoms. The Hall–Kier alpha value is -0.930. The number of nitrogens with zero attached hydrogens (tertiary/aromatic N) is 1. The molecule has 0 aromatic heterocycles. The Balaban J connectivity index is 2.61. The van der Waals surface area contributed by atoms with E-state index in [1.165, 1.54) is 5.56 Å². The molecule has 88 valence electrons. The number of rotatable bonds is 5. The van der Waals surface area contributed by atoms with Crippen molar-refractivity contribution in [1.82, 2.24) is 4.90 Å². The maximum absolute atomic E-state index is 5.63. The lowest BCUT2D eigenvalue weighted by Gasteiger charge is -2.27. The molecule has 0 heterocycles. The van der Waals surface area contributed by atoms with Crippen LogP contribution in [-0.2, 0) is 0 Å². The second-order valence-electron chi connectivity index (χ2n) is 4.33. The lowest BCUT2D eigenvalue weighted by atomic mass is 10.1. The van der Waals surface area contributed by atoms with Crippen molar-refractivity contribution in [3.63, 3.8) is 0 Å². The highest BCUT2D eigenvalue weighted by molar-refractivity contribution is 7.80. The molecule has 3 heteroatoms. The zero-order valence-electron chi connectivity index (χ0n) is 10.2. The predicted molar refractivity (Wildman–Crippen MR) is 73.4 cm³/mol. The Morgan fingerprint density at radius 3 is 2.38 bits per heavy atom. The van der Waals surface area contributed by atoms with E-state index < -0.39 is 0 Å². The van der Waals surface area contributed by atoms with E-state index in [0.29, 0.717) is 11.0 Å². The summed E-state index contributed by atoms with van der Waals surface area (Å²) < 4.78 is 0. The van der Waals surface area contributed by atoms with Crippen LogP contribution in [0, 0.1) is 5.92 Å². The van der Waals surface area contributed by atoms with Gasteiger partial charge in [0.15, 0.2) is 0 Å². The van der Waals surface area contributed by atoms with E-state index in [0.717, 1.165) is 6.54 Å². The van der Waals surface area contributed by atoms with Crippen LogP contribution in [0.15, 0.2) is 30.3 Å². The number of hydrogen-bond donors (Lipinski definition) is 1. The zero-order chi connectivity index (χ0) is 12.1. The van der Waals surface area contributed by atoms with Gasteiger partial charge in [-0.05, 0) is 19.5 Å². The Bertz CT molecular complexity index is 337. The van der Waals surface area contributed by atoms with E-state index in [-0.39, 0.29) is 5.92 Å². The first-order chi connectivity index (χ1) is 7.52. The van der Waals surface area contributed by atoms with E-state index in [2.05, 4.69) is 50.1 Å². The Kier molecular flexibility index (Phi) is 4.90. The highest BCUT2D eigenvalue weighted by Crippen LogP contribution is 2.19. The minimum Gasteiger partial charge on any atom is -0.393 e. The lowest BCUT2D eigenvalue weighted by Crippen LogP contribution is -2.33. The minimum absolute atomic E-state index is 0.256. The molecule has 1 rings (SSSR count). The molecule has 0 saturated carbocycles. The summed E-state index contributed by atoms with van der Waals surface area (Å²) >= 11 is 4.99. The standard InChI is InChI=1S/C13H20N2S/c1-10(13(14)16)9-15(3)11(2)12-7-5-4-6-8-12/h4-8,10-11H,9H2,1-3H3,(H2,14,16). The molecule has 0 radical (unpaired) electrons. The molecule has 0 aliphatic carbocycles. The molecule has 0 aliphatic heterocycles. The molecule has 0 bridgehead atoms. The Morgan fingerprint density at radius 2 is 1.88 bits per heavy atom. The molecular formula is C13H20N2S. The number of nitrogens with two attached hydrogens (primary N) is 1. The summed E-state index contributed by atoms with van der Waals surface area (Å²) in [7, 11) is 2.10. The van der Waals surface area contributed by atoms with E-state index >= 15 is 0 Å². The third-order valence-corrected chi connectivity index (χ3v) is 3.39. The van der Waals surface area contributed by atoms with Gasteiger partial charge in [0.05, 0.1) is 4.99 Å². The molecule has 0 saturated heterocycles. The molecule has 1 aromatic rings. The van der Waals surface area contributed by atoms with Gasteiger partial charge >= 0.3 is 0 Å². The fraction of sp³-hybridized carbons (Fsp3) is 0.462. The fourth-order valence-electron chi connectivity index (χ4n) is 1.67. The van der Waals surface area contributed by atoms with E-state index in [9.17, 15) is 0 Å². The number of thiocarbonyl (C=S) groups is 1. The first kappa shape index (κ1) is 13.1. The van der Waals surface area contributed by atoms with Crippen molar-refractivity contribution in [3.05, 3.63) is 35.9 Å². The van der Waals surface area contributed by atoms with Gasteiger partial charge in [-0.15, -0.1) is 0 Å². The maximum atomic E-state index is 5.63. The second kappa shape index (κ2) is 5.97. The maximum Gasteiger partial charge on any atom is 0.0768 e. The highest BCUT2D eigenvalue weighted by Gasteiger charge is 2.15. The lowest BCUT2D eigenvalue weighted by molar-refractivity contribution is 0.247. The van der Waals surface area contributed by atoms with Crippen molar-refractivity contribution in [3.8, 4) is 0 Å². The zero-order valence-corrected chi connectivity index (χ0v) is 11.0. The third-order valence-electron chi connectivity index (χ3n) is 2.99. The average Bonchev–Trinajstić information content (AvgIpc) is 2.28. The van der Waals surface area contributed by atoms with Crippen molar-refractivity contribution < 1.29 is 0 Å². The van der Waals surface area contributed by atoms with Gasteiger partial charge in [-0.25, -0.2) is 0 Å². The van der Waals surface area contributed by atoms with E-state index in [4.69, 9.17) is 18.0 Å². The monoisotopic (exact) mass is 236 g/mol. The van der Waals surface area contributed by atoms with Crippen LogP contribution in [0.1, 0.15) is 25.5 Å². The van der Waals surface area contributed by atoms with Crippen LogP contribution in [-0.4, -0.2) is 23.5 Å². The topological polar surface area (TPSA) is 29.3 Å².